The van der Waals surface area contributed by atoms with Crippen molar-refractivity contribution < 1.29 is 27.1 Å². The van der Waals surface area contributed by atoms with Crippen molar-refractivity contribution >= 4 is 16.8 Å². The van der Waals surface area contributed by atoms with E-state index in [1.807, 2.05) is 27.7 Å². The maximum atomic E-state index is 14.1. The van der Waals surface area contributed by atoms with Gasteiger partial charge in [0.05, 0.1) is 11.1 Å². The molecule has 2 aromatic carbocycles. The van der Waals surface area contributed by atoms with Crippen LogP contribution in [0, 0.1) is 6.92 Å². The fourth-order valence-electron chi connectivity index (χ4n) is 4.36. The van der Waals surface area contributed by atoms with Crippen LogP contribution in [0.4, 0.5) is 13.2 Å². The Morgan fingerprint density at radius 1 is 1.14 bits per heavy atom. The highest BCUT2D eigenvalue weighted by atomic mass is 19.4. The maximum Gasteiger partial charge on any atom is 0.419 e. The zero-order valence-corrected chi connectivity index (χ0v) is 21.1. The molecule has 190 valence electrons. The van der Waals surface area contributed by atoms with Crippen molar-refractivity contribution in [1.29, 1.82) is 0 Å². The van der Waals surface area contributed by atoms with Gasteiger partial charge in [-0.15, -0.1) is 0 Å². The number of alkyl halides is 3. The number of aryl methyl sites for hydroxylation is 2. The van der Waals surface area contributed by atoms with Gasteiger partial charge in [0.25, 0.3) is 0 Å². The molecule has 7 heteroatoms. The summed E-state index contributed by atoms with van der Waals surface area (Å²) in [7, 11) is 0. The first-order chi connectivity index (χ1) is 16.6. The molecule has 0 aliphatic heterocycles. The van der Waals surface area contributed by atoms with E-state index in [0.717, 1.165) is 25.5 Å². The van der Waals surface area contributed by atoms with Gasteiger partial charge in [0.15, 0.2) is 5.78 Å². The minimum atomic E-state index is -4.66. The molecule has 0 amide bonds. The zero-order valence-electron chi connectivity index (χ0n) is 21.1. The van der Waals surface area contributed by atoms with E-state index >= 15 is 0 Å². The highest BCUT2D eigenvalue weighted by molar-refractivity contribution is 6.17. The lowest BCUT2D eigenvalue weighted by molar-refractivity contribution is -0.139. The topological polar surface area (TPSA) is 42.7 Å². The number of fused-ring (bicyclic) bond motifs is 1. The van der Waals surface area contributed by atoms with Crippen molar-refractivity contribution in [2.24, 2.45) is 0 Å². The van der Waals surface area contributed by atoms with Gasteiger partial charge in [0, 0.05) is 30.0 Å². The Hall–Kier alpha value is -2.80. The molecule has 4 nitrogen and oxygen atoms in total. The number of unbranched alkanes of at least 4 members (excludes halogenated alkanes) is 1. The smallest absolute Gasteiger partial charge is 0.419 e. The molecule has 3 rings (SSSR count). The average molecular weight is 490 g/mol. The Morgan fingerprint density at radius 3 is 2.49 bits per heavy atom. The quantitative estimate of drug-likeness (QED) is 0.263. The van der Waals surface area contributed by atoms with Crippen LogP contribution in [0.5, 0.6) is 5.75 Å². The summed E-state index contributed by atoms with van der Waals surface area (Å²) >= 11 is 0. The van der Waals surface area contributed by atoms with Crippen LogP contribution in [0.3, 0.4) is 0 Å². The first kappa shape index (κ1) is 26.8. The SMILES string of the molecule is CCCCc1oc2ccccc2c1C(=O)c1cc(C)c(OCCN(CC)C(C)C)c(C(F)(F)F)c1. The summed E-state index contributed by atoms with van der Waals surface area (Å²) in [6.45, 7) is 11.1. The second-order valence-electron chi connectivity index (χ2n) is 9.07. The van der Waals surface area contributed by atoms with Crippen LogP contribution in [0.1, 0.15) is 73.3 Å². The second-order valence-corrected chi connectivity index (χ2v) is 9.07. The van der Waals surface area contributed by atoms with E-state index in [4.69, 9.17) is 9.15 Å². The van der Waals surface area contributed by atoms with Crippen molar-refractivity contribution in [3.63, 3.8) is 0 Å². The van der Waals surface area contributed by atoms with Crippen molar-refractivity contribution in [3.8, 4) is 5.75 Å². The number of para-hydroxylation sites is 1. The van der Waals surface area contributed by atoms with Crippen molar-refractivity contribution in [2.45, 2.75) is 66.1 Å². The van der Waals surface area contributed by atoms with Crippen molar-refractivity contribution in [1.82, 2.24) is 4.90 Å². The molecular weight excluding hydrogens is 455 g/mol. The van der Waals surface area contributed by atoms with Gasteiger partial charge in [-0.25, -0.2) is 0 Å². The van der Waals surface area contributed by atoms with E-state index in [-0.39, 0.29) is 29.5 Å². The summed E-state index contributed by atoms with van der Waals surface area (Å²) in [6.07, 6.45) is -2.41. The number of rotatable bonds is 11. The number of ether oxygens (including phenoxy) is 1. The first-order valence-electron chi connectivity index (χ1n) is 12.2. The third kappa shape index (κ3) is 6.07. The zero-order chi connectivity index (χ0) is 25.8. The van der Waals surface area contributed by atoms with Crippen LogP contribution < -0.4 is 4.74 Å². The maximum absolute atomic E-state index is 14.1. The number of hydrogen-bond acceptors (Lipinski definition) is 4. The number of carbonyl (C=O) groups is 1. The Bertz CT molecular complexity index is 1160. The molecule has 0 aliphatic carbocycles. The van der Waals surface area contributed by atoms with Crippen molar-refractivity contribution in [3.05, 3.63) is 64.4 Å². The van der Waals surface area contributed by atoms with E-state index in [9.17, 15) is 18.0 Å². The monoisotopic (exact) mass is 489 g/mol. The third-order valence-electron chi connectivity index (χ3n) is 6.26. The number of furan rings is 1. The van der Waals surface area contributed by atoms with Crippen LogP contribution in [-0.4, -0.2) is 36.4 Å². The van der Waals surface area contributed by atoms with Crippen LogP contribution >= 0.6 is 0 Å². The fourth-order valence-corrected chi connectivity index (χ4v) is 4.36. The number of benzene rings is 2. The van der Waals surface area contributed by atoms with E-state index in [1.165, 1.54) is 6.07 Å². The molecule has 0 saturated heterocycles. The standard InChI is InChI=1S/C28H34F3NO3/c1-6-8-12-24-25(21-11-9-10-13-23(21)35-24)26(33)20-16-19(5)27(22(17-20)28(29,30)31)34-15-14-32(7-2)18(3)4/h9-11,13,16-18H,6-8,12,14-15H2,1-5H3. The summed E-state index contributed by atoms with van der Waals surface area (Å²) in [6, 6.07) is 9.79. The van der Waals surface area contributed by atoms with Gasteiger partial charge in [0.2, 0.25) is 0 Å². The number of halogens is 3. The Labute approximate surface area is 205 Å². The highest BCUT2D eigenvalue weighted by Gasteiger charge is 2.37. The molecule has 0 aliphatic rings. The predicted octanol–water partition coefficient (Wildman–Crippen LogP) is 7.44. The minimum absolute atomic E-state index is 0.0242. The number of carbonyl (C=O) groups excluding carboxylic acids is 1. The number of likely N-dealkylation sites (N-methyl/N-ethyl adjacent to an activating group) is 1. The number of nitrogens with zero attached hydrogens (tertiary/aromatic N) is 1. The van der Waals surface area contributed by atoms with Crippen LogP contribution in [0.2, 0.25) is 0 Å². The summed E-state index contributed by atoms with van der Waals surface area (Å²) in [4.78, 5) is 15.7. The molecule has 0 saturated carbocycles. The minimum Gasteiger partial charge on any atom is -0.491 e. The van der Waals surface area contributed by atoms with Gasteiger partial charge >= 0.3 is 6.18 Å². The van der Waals surface area contributed by atoms with E-state index in [0.29, 0.717) is 35.3 Å². The summed E-state index contributed by atoms with van der Waals surface area (Å²) in [5, 5.41) is 0.614. The van der Waals surface area contributed by atoms with Gasteiger partial charge in [-0.1, -0.05) is 38.5 Å². The van der Waals surface area contributed by atoms with Crippen LogP contribution in [0.25, 0.3) is 11.0 Å². The largest absolute Gasteiger partial charge is 0.491 e. The molecule has 0 unspecified atom stereocenters. The summed E-state index contributed by atoms with van der Waals surface area (Å²) in [5.74, 6) is -0.187. The lowest BCUT2D eigenvalue weighted by Gasteiger charge is -2.25. The van der Waals surface area contributed by atoms with Gasteiger partial charge in [-0.2, -0.15) is 13.2 Å². The lowest BCUT2D eigenvalue weighted by Crippen LogP contribution is -2.34. The normalized spacial score (nSPS) is 12.2. The van der Waals surface area contributed by atoms with Gasteiger partial charge in [-0.05, 0) is 57.5 Å². The third-order valence-corrected chi connectivity index (χ3v) is 6.26. The summed E-state index contributed by atoms with van der Waals surface area (Å²) in [5.41, 5.74) is 0.213. The molecule has 0 radical (unpaired) electrons. The molecular formula is C28H34F3NO3. The molecule has 0 fully saturated rings. The van der Waals surface area contributed by atoms with Crippen LogP contribution in [-0.2, 0) is 12.6 Å². The van der Waals surface area contributed by atoms with E-state index in [2.05, 4.69) is 4.90 Å². The second kappa shape index (κ2) is 11.3. The molecule has 0 bridgehead atoms. The molecule has 0 N–H and O–H groups in total. The lowest BCUT2D eigenvalue weighted by atomic mass is 9.95. The van der Waals surface area contributed by atoms with Gasteiger partial charge in [0.1, 0.15) is 23.7 Å². The van der Waals surface area contributed by atoms with E-state index < -0.39 is 17.5 Å². The average Bonchev–Trinajstić information content (AvgIpc) is 3.17. The number of ketones is 1. The Balaban J connectivity index is 2.01. The molecule has 35 heavy (non-hydrogen) atoms. The van der Waals surface area contributed by atoms with Crippen molar-refractivity contribution in [2.75, 3.05) is 19.7 Å². The predicted molar refractivity (Wildman–Crippen MR) is 132 cm³/mol. The summed E-state index contributed by atoms with van der Waals surface area (Å²) < 4.78 is 53.8. The first-order valence-corrected chi connectivity index (χ1v) is 12.2. The van der Waals surface area contributed by atoms with Crippen LogP contribution in [0.15, 0.2) is 40.8 Å². The van der Waals surface area contributed by atoms with E-state index in [1.54, 1.807) is 31.2 Å². The molecule has 1 heterocycles. The molecule has 3 aromatic rings. The molecule has 0 spiro atoms. The highest BCUT2D eigenvalue weighted by Crippen LogP contribution is 2.40. The number of hydrogen-bond donors (Lipinski definition) is 0. The molecule has 1 aromatic heterocycles. The van der Waals surface area contributed by atoms with Gasteiger partial charge < -0.3 is 9.15 Å². The Kier molecular flexibility index (Phi) is 8.65. The molecule has 0 atom stereocenters. The Morgan fingerprint density at radius 2 is 1.86 bits per heavy atom. The fraction of sp³-hybridized carbons (Fsp3) is 0.464. The van der Waals surface area contributed by atoms with Gasteiger partial charge in [-0.3, -0.25) is 9.69 Å².